The lowest BCUT2D eigenvalue weighted by Gasteiger charge is -2.25. The van der Waals surface area contributed by atoms with E-state index in [4.69, 9.17) is 9.84 Å². The maximum atomic E-state index is 13.4. The van der Waals surface area contributed by atoms with Crippen molar-refractivity contribution in [3.05, 3.63) is 77.4 Å². The van der Waals surface area contributed by atoms with Crippen LogP contribution in [0.15, 0.2) is 54.9 Å². The van der Waals surface area contributed by atoms with Gasteiger partial charge in [-0.3, -0.25) is 9.78 Å². The Kier molecular flexibility index (Phi) is 6.23. The number of hydrogen-bond donors (Lipinski definition) is 0. The topological polar surface area (TPSA) is 60.2 Å². The van der Waals surface area contributed by atoms with Crippen LogP contribution in [0.2, 0.25) is 0 Å². The molecule has 3 aromatic rings. The molecule has 2 aromatic heterocycles. The van der Waals surface area contributed by atoms with Gasteiger partial charge in [-0.15, -0.1) is 0 Å². The summed E-state index contributed by atoms with van der Waals surface area (Å²) in [6, 6.07) is 13.9. The van der Waals surface area contributed by atoms with E-state index in [9.17, 15) is 4.79 Å². The summed E-state index contributed by atoms with van der Waals surface area (Å²) in [7, 11) is 0. The number of para-hydroxylation sites is 1. The van der Waals surface area contributed by atoms with Gasteiger partial charge in [0.1, 0.15) is 0 Å². The fourth-order valence-corrected chi connectivity index (χ4v) is 4.02. The molecule has 0 saturated carbocycles. The monoisotopic (exact) mass is 404 g/mol. The average molecular weight is 405 g/mol. The van der Waals surface area contributed by atoms with Crippen LogP contribution in [-0.4, -0.2) is 44.8 Å². The van der Waals surface area contributed by atoms with Crippen LogP contribution in [0.3, 0.4) is 0 Å². The fraction of sp³-hybridized carbons (Fsp3) is 0.375. The van der Waals surface area contributed by atoms with Crippen molar-refractivity contribution in [3.63, 3.8) is 0 Å². The molecule has 3 heterocycles. The third kappa shape index (κ3) is 4.60. The molecule has 6 nitrogen and oxygen atoms in total. The van der Waals surface area contributed by atoms with E-state index in [1.54, 1.807) is 6.20 Å². The van der Waals surface area contributed by atoms with Gasteiger partial charge >= 0.3 is 0 Å². The molecule has 1 atom stereocenters. The van der Waals surface area contributed by atoms with Crippen molar-refractivity contribution < 1.29 is 9.53 Å². The Morgan fingerprint density at radius 3 is 2.73 bits per heavy atom. The molecule has 1 aliphatic heterocycles. The first-order chi connectivity index (χ1) is 14.6. The molecule has 0 N–H and O–H groups in total. The Bertz CT molecular complexity index is 979. The third-order valence-corrected chi connectivity index (χ3v) is 5.67. The molecule has 1 unspecified atom stereocenters. The number of carbonyl (C=O) groups is 1. The van der Waals surface area contributed by atoms with Gasteiger partial charge in [-0.2, -0.15) is 5.10 Å². The van der Waals surface area contributed by atoms with Crippen LogP contribution in [0.5, 0.6) is 0 Å². The number of pyridine rings is 1. The van der Waals surface area contributed by atoms with Gasteiger partial charge in [0.25, 0.3) is 0 Å². The molecule has 1 saturated heterocycles. The Labute approximate surface area is 177 Å². The van der Waals surface area contributed by atoms with E-state index in [2.05, 4.69) is 4.98 Å². The van der Waals surface area contributed by atoms with E-state index in [1.165, 1.54) is 0 Å². The lowest BCUT2D eigenvalue weighted by atomic mass is 10.1. The minimum atomic E-state index is 0.0909. The van der Waals surface area contributed by atoms with Crippen LogP contribution in [0, 0.1) is 13.8 Å². The van der Waals surface area contributed by atoms with Gasteiger partial charge in [0.15, 0.2) is 0 Å². The molecule has 1 aliphatic rings. The highest BCUT2D eigenvalue weighted by Gasteiger charge is 2.25. The van der Waals surface area contributed by atoms with Gasteiger partial charge in [0, 0.05) is 43.3 Å². The largest absolute Gasteiger partial charge is 0.376 e. The van der Waals surface area contributed by atoms with Crippen LogP contribution >= 0.6 is 0 Å². The number of hydrogen-bond acceptors (Lipinski definition) is 4. The second-order valence-corrected chi connectivity index (χ2v) is 7.84. The first kappa shape index (κ1) is 20.3. The predicted molar refractivity (Wildman–Crippen MR) is 115 cm³/mol. The molecule has 0 bridgehead atoms. The third-order valence-electron chi connectivity index (χ3n) is 5.67. The van der Waals surface area contributed by atoms with E-state index in [0.29, 0.717) is 19.5 Å². The summed E-state index contributed by atoms with van der Waals surface area (Å²) in [5, 5.41) is 4.69. The van der Waals surface area contributed by atoms with E-state index in [-0.39, 0.29) is 12.0 Å². The molecule has 1 aromatic carbocycles. The molecule has 30 heavy (non-hydrogen) atoms. The summed E-state index contributed by atoms with van der Waals surface area (Å²) in [6.07, 6.45) is 6.07. The van der Waals surface area contributed by atoms with Crippen LogP contribution in [0.1, 0.15) is 35.4 Å². The quantitative estimate of drug-likeness (QED) is 0.603. The zero-order chi connectivity index (χ0) is 20.9. The minimum absolute atomic E-state index is 0.0909. The summed E-state index contributed by atoms with van der Waals surface area (Å²) in [5.41, 5.74) is 4.92. The van der Waals surface area contributed by atoms with E-state index >= 15 is 0 Å². The summed E-state index contributed by atoms with van der Waals surface area (Å²) in [6.45, 7) is 5.93. The number of carbonyl (C=O) groups excluding carboxylic acids is 1. The molecular formula is C24H28N4O2. The number of nitrogens with zero attached hydrogens (tertiary/aromatic N) is 4. The van der Waals surface area contributed by atoms with Gasteiger partial charge in [0.2, 0.25) is 5.91 Å². The first-order valence-corrected chi connectivity index (χ1v) is 10.5. The van der Waals surface area contributed by atoms with Gasteiger partial charge in [0.05, 0.1) is 23.9 Å². The van der Waals surface area contributed by atoms with Crippen molar-refractivity contribution in [1.29, 1.82) is 0 Å². The fourth-order valence-electron chi connectivity index (χ4n) is 4.02. The number of amides is 1. The Morgan fingerprint density at radius 1 is 1.20 bits per heavy atom. The summed E-state index contributed by atoms with van der Waals surface area (Å²) >= 11 is 0. The molecule has 1 fully saturated rings. The maximum Gasteiger partial charge on any atom is 0.227 e. The van der Waals surface area contributed by atoms with Crippen molar-refractivity contribution in [2.24, 2.45) is 0 Å². The SMILES string of the molecule is Cc1nn(-c2ccccc2)c(C)c1CC(=O)N(Cc1cccnc1)CC1CCCO1. The second kappa shape index (κ2) is 9.22. The van der Waals surface area contributed by atoms with Crippen LogP contribution in [-0.2, 0) is 22.5 Å². The number of rotatable bonds is 7. The zero-order valence-corrected chi connectivity index (χ0v) is 17.6. The first-order valence-electron chi connectivity index (χ1n) is 10.5. The van der Waals surface area contributed by atoms with E-state index < -0.39 is 0 Å². The van der Waals surface area contributed by atoms with Gasteiger partial charge < -0.3 is 9.64 Å². The number of ether oxygens (including phenoxy) is 1. The molecule has 4 rings (SSSR count). The maximum absolute atomic E-state index is 13.4. The average Bonchev–Trinajstić information content (AvgIpc) is 3.38. The molecule has 0 radical (unpaired) electrons. The summed E-state index contributed by atoms with van der Waals surface area (Å²) < 4.78 is 7.73. The highest BCUT2D eigenvalue weighted by molar-refractivity contribution is 5.79. The number of aromatic nitrogens is 3. The van der Waals surface area contributed by atoms with Crippen LogP contribution in [0.4, 0.5) is 0 Å². The standard InChI is InChI=1S/C24H28N4O2/c1-18-23(19(2)28(26-18)21-9-4-3-5-10-21)14-24(29)27(17-22-11-7-13-30-22)16-20-8-6-12-25-15-20/h3-6,8-10,12,15,22H,7,11,13-14,16-17H2,1-2H3. The zero-order valence-electron chi connectivity index (χ0n) is 17.6. The van der Waals surface area contributed by atoms with Gasteiger partial charge in [-0.05, 0) is 50.5 Å². The minimum Gasteiger partial charge on any atom is -0.376 e. The Balaban J connectivity index is 1.55. The molecule has 156 valence electrons. The molecule has 0 aliphatic carbocycles. The van der Waals surface area contributed by atoms with Crippen molar-refractivity contribution >= 4 is 5.91 Å². The van der Waals surface area contributed by atoms with Crippen molar-refractivity contribution in [2.45, 2.75) is 45.8 Å². The Hall–Kier alpha value is -2.99. The van der Waals surface area contributed by atoms with E-state index in [1.807, 2.05) is 72.1 Å². The number of benzene rings is 1. The molecule has 6 heteroatoms. The van der Waals surface area contributed by atoms with Crippen LogP contribution in [0.25, 0.3) is 5.69 Å². The normalized spacial score (nSPS) is 16.0. The summed E-state index contributed by atoms with van der Waals surface area (Å²) in [4.78, 5) is 19.5. The molecule has 1 amide bonds. The highest BCUT2D eigenvalue weighted by atomic mass is 16.5. The van der Waals surface area contributed by atoms with Crippen LogP contribution < -0.4 is 0 Å². The number of aryl methyl sites for hydroxylation is 1. The predicted octanol–water partition coefficient (Wildman–Crippen LogP) is 3.63. The highest BCUT2D eigenvalue weighted by Crippen LogP contribution is 2.21. The smallest absolute Gasteiger partial charge is 0.227 e. The van der Waals surface area contributed by atoms with Gasteiger partial charge in [-0.1, -0.05) is 24.3 Å². The molecular weight excluding hydrogens is 376 g/mol. The lowest BCUT2D eigenvalue weighted by molar-refractivity contribution is -0.132. The lowest BCUT2D eigenvalue weighted by Crippen LogP contribution is -2.38. The molecule has 0 spiro atoms. The Morgan fingerprint density at radius 2 is 2.03 bits per heavy atom. The summed E-state index contributed by atoms with van der Waals surface area (Å²) in [5.74, 6) is 0.0909. The van der Waals surface area contributed by atoms with Gasteiger partial charge in [-0.25, -0.2) is 4.68 Å². The van der Waals surface area contributed by atoms with Crippen molar-refractivity contribution in [1.82, 2.24) is 19.7 Å². The van der Waals surface area contributed by atoms with Crippen molar-refractivity contribution in [2.75, 3.05) is 13.2 Å². The van der Waals surface area contributed by atoms with Crippen molar-refractivity contribution in [3.8, 4) is 5.69 Å². The van der Waals surface area contributed by atoms with E-state index in [0.717, 1.165) is 47.7 Å². The second-order valence-electron chi connectivity index (χ2n) is 7.84.